The summed E-state index contributed by atoms with van der Waals surface area (Å²) >= 11 is 0. The number of hydrogen-bond donors (Lipinski definition) is 2. The van der Waals surface area contributed by atoms with Crippen molar-refractivity contribution in [3.05, 3.63) is 34.3 Å². The van der Waals surface area contributed by atoms with Crippen molar-refractivity contribution in [2.75, 3.05) is 14.1 Å². The van der Waals surface area contributed by atoms with Gasteiger partial charge in [-0.05, 0) is 44.6 Å². The van der Waals surface area contributed by atoms with Crippen molar-refractivity contribution in [3.63, 3.8) is 0 Å². The van der Waals surface area contributed by atoms with Crippen LogP contribution < -0.4 is 11.5 Å². The number of hydrogen-bond acceptors (Lipinski definition) is 4. The standard InChI is InChI=1S/C13H17N3O2/c1-16(2)11(13(14)5-6-13)8-3-4-9-10(7-8)18-12(17)15-9/h3-4,7,11H,5-6,14H2,1-2H3,(H,15,17). The zero-order chi connectivity index (χ0) is 12.9. The third-order valence-corrected chi connectivity index (χ3v) is 3.65. The maximum Gasteiger partial charge on any atom is 0.417 e. The van der Waals surface area contributed by atoms with Gasteiger partial charge in [-0.15, -0.1) is 0 Å². The second kappa shape index (κ2) is 3.70. The summed E-state index contributed by atoms with van der Waals surface area (Å²) in [5, 5.41) is 0. The Morgan fingerprint density at radius 3 is 2.78 bits per heavy atom. The average molecular weight is 247 g/mol. The first-order chi connectivity index (χ1) is 8.49. The average Bonchev–Trinajstić information content (AvgIpc) is 2.89. The molecule has 3 N–H and O–H groups in total. The summed E-state index contributed by atoms with van der Waals surface area (Å²) in [6.07, 6.45) is 2.07. The Kier molecular flexibility index (Phi) is 2.36. The Labute approximate surface area is 105 Å². The van der Waals surface area contributed by atoms with Crippen LogP contribution in [0.5, 0.6) is 0 Å². The summed E-state index contributed by atoms with van der Waals surface area (Å²) in [5.41, 5.74) is 8.60. The van der Waals surface area contributed by atoms with Crippen LogP contribution in [0, 0.1) is 0 Å². The first-order valence-corrected chi connectivity index (χ1v) is 6.08. The number of likely N-dealkylation sites (N-methyl/N-ethyl adjacent to an activating group) is 1. The van der Waals surface area contributed by atoms with E-state index in [2.05, 4.69) is 9.88 Å². The predicted molar refractivity (Wildman–Crippen MR) is 69.4 cm³/mol. The second-order valence-electron chi connectivity index (χ2n) is 5.37. The molecule has 1 heterocycles. The van der Waals surface area contributed by atoms with Gasteiger partial charge < -0.3 is 15.1 Å². The molecule has 0 amide bonds. The molecule has 2 aromatic rings. The van der Waals surface area contributed by atoms with E-state index in [1.807, 2.05) is 32.3 Å². The zero-order valence-corrected chi connectivity index (χ0v) is 10.6. The first kappa shape index (κ1) is 11.5. The van der Waals surface area contributed by atoms with Crippen LogP contribution in [0.4, 0.5) is 0 Å². The molecule has 5 heteroatoms. The van der Waals surface area contributed by atoms with E-state index >= 15 is 0 Å². The van der Waals surface area contributed by atoms with Crippen LogP contribution in [-0.4, -0.2) is 29.5 Å². The Balaban J connectivity index is 2.09. The lowest BCUT2D eigenvalue weighted by Gasteiger charge is -2.30. The normalized spacial score (nSPS) is 19.3. The molecule has 1 aromatic carbocycles. The quantitative estimate of drug-likeness (QED) is 0.855. The van der Waals surface area contributed by atoms with Crippen LogP contribution in [0.3, 0.4) is 0 Å². The zero-order valence-electron chi connectivity index (χ0n) is 10.6. The molecule has 1 unspecified atom stereocenters. The molecule has 1 aromatic heterocycles. The summed E-state index contributed by atoms with van der Waals surface area (Å²) in [6.45, 7) is 0. The molecule has 3 rings (SSSR count). The van der Waals surface area contributed by atoms with Gasteiger partial charge in [0.05, 0.1) is 11.6 Å². The van der Waals surface area contributed by atoms with Crippen molar-refractivity contribution < 1.29 is 4.42 Å². The molecular weight excluding hydrogens is 230 g/mol. The minimum Gasteiger partial charge on any atom is -0.408 e. The van der Waals surface area contributed by atoms with E-state index in [9.17, 15) is 4.79 Å². The van der Waals surface area contributed by atoms with Gasteiger partial charge in [0, 0.05) is 5.54 Å². The number of nitrogens with two attached hydrogens (primary N) is 1. The fourth-order valence-electron chi connectivity index (χ4n) is 2.69. The molecule has 0 aliphatic heterocycles. The third-order valence-electron chi connectivity index (χ3n) is 3.65. The van der Waals surface area contributed by atoms with Crippen molar-refractivity contribution in [2.24, 2.45) is 5.73 Å². The van der Waals surface area contributed by atoms with Crippen LogP contribution in [0.2, 0.25) is 0 Å². The van der Waals surface area contributed by atoms with E-state index in [-0.39, 0.29) is 11.6 Å². The van der Waals surface area contributed by atoms with Crippen molar-refractivity contribution in [1.82, 2.24) is 9.88 Å². The number of H-pyrrole nitrogens is 1. The highest BCUT2D eigenvalue weighted by molar-refractivity contribution is 5.73. The number of aromatic nitrogens is 1. The lowest BCUT2D eigenvalue weighted by Crippen LogP contribution is -2.39. The van der Waals surface area contributed by atoms with Crippen LogP contribution >= 0.6 is 0 Å². The van der Waals surface area contributed by atoms with Gasteiger partial charge in [-0.25, -0.2) is 4.79 Å². The van der Waals surface area contributed by atoms with Crippen LogP contribution in [0.15, 0.2) is 27.4 Å². The number of nitrogens with one attached hydrogen (secondary N) is 1. The van der Waals surface area contributed by atoms with Crippen LogP contribution in [0.25, 0.3) is 11.1 Å². The second-order valence-corrected chi connectivity index (χ2v) is 5.37. The third kappa shape index (κ3) is 1.76. The fraction of sp³-hybridized carbons (Fsp3) is 0.462. The molecule has 18 heavy (non-hydrogen) atoms. The number of fused-ring (bicyclic) bond motifs is 1. The topological polar surface area (TPSA) is 75.3 Å². The van der Waals surface area contributed by atoms with Gasteiger partial charge >= 0.3 is 5.76 Å². The van der Waals surface area contributed by atoms with Gasteiger partial charge in [0.25, 0.3) is 0 Å². The molecule has 96 valence electrons. The van der Waals surface area contributed by atoms with E-state index < -0.39 is 5.76 Å². The predicted octanol–water partition coefficient (Wildman–Crippen LogP) is 1.22. The van der Waals surface area contributed by atoms with Gasteiger partial charge in [-0.2, -0.15) is 0 Å². The summed E-state index contributed by atoms with van der Waals surface area (Å²) in [5.74, 6) is -0.419. The number of oxazole rings is 1. The van der Waals surface area contributed by atoms with Gasteiger partial charge in [0.1, 0.15) is 0 Å². The van der Waals surface area contributed by atoms with Crippen molar-refractivity contribution in [1.29, 1.82) is 0 Å². The van der Waals surface area contributed by atoms with Gasteiger partial charge in [0.2, 0.25) is 0 Å². The molecule has 1 aliphatic rings. The lowest BCUT2D eigenvalue weighted by molar-refractivity contribution is 0.246. The molecule has 1 fully saturated rings. The first-order valence-electron chi connectivity index (χ1n) is 6.08. The number of aromatic amines is 1. The highest BCUT2D eigenvalue weighted by atomic mass is 16.4. The maximum atomic E-state index is 11.2. The Bertz CT molecular complexity index is 637. The lowest BCUT2D eigenvalue weighted by atomic mass is 9.96. The molecule has 0 spiro atoms. The molecule has 1 aliphatic carbocycles. The maximum absolute atomic E-state index is 11.2. The highest BCUT2D eigenvalue weighted by Crippen LogP contribution is 2.46. The van der Waals surface area contributed by atoms with Gasteiger partial charge in [-0.3, -0.25) is 4.98 Å². The van der Waals surface area contributed by atoms with Crippen molar-refractivity contribution in [3.8, 4) is 0 Å². The molecule has 1 saturated carbocycles. The summed E-state index contributed by atoms with van der Waals surface area (Å²) in [4.78, 5) is 15.9. The van der Waals surface area contributed by atoms with Crippen molar-refractivity contribution in [2.45, 2.75) is 24.4 Å². The van der Waals surface area contributed by atoms with Gasteiger partial charge in [-0.1, -0.05) is 6.07 Å². The largest absolute Gasteiger partial charge is 0.417 e. The molecular formula is C13H17N3O2. The Morgan fingerprint density at radius 1 is 1.44 bits per heavy atom. The van der Waals surface area contributed by atoms with E-state index in [4.69, 9.17) is 10.2 Å². The minimum absolute atomic E-state index is 0.145. The van der Waals surface area contributed by atoms with Crippen molar-refractivity contribution >= 4 is 11.1 Å². The van der Waals surface area contributed by atoms with E-state index in [1.165, 1.54) is 0 Å². The minimum atomic E-state index is -0.419. The smallest absolute Gasteiger partial charge is 0.408 e. The number of benzene rings is 1. The monoisotopic (exact) mass is 247 g/mol. The molecule has 0 bridgehead atoms. The van der Waals surface area contributed by atoms with Crippen LogP contribution in [-0.2, 0) is 0 Å². The molecule has 1 atom stereocenters. The number of rotatable bonds is 3. The van der Waals surface area contributed by atoms with Gasteiger partial charge in [0.15, 0.2) is 5.58 Å². The number of nitrogens with zero attached hydrogens (tertiary/aromatic N) is 1. The molecule has 0 radical (unpaired) electrons. The Morgan fingerprint density at radius 2 is 2.17 bits per heavy atom. The highest BCUT2D eigenvalue weighted by Gasteiger charge is 2.47. The fourth-order valence-corrected chi connectivity index (χ4v) is 2.69. The summed E-state index contributed by atoms with van der Waals surface area (Å²) in [7, 11) is 4.05. The molecule has 5 nitrogen and oxygen atoms in total. The Hall–Kier alpha value is -1.59. The van der Waals surface area contributed by atoms with Crippen LogP contribution in [0.1, 0.15) is 24.4 Å². The van der Waals surface area contributed by atoms with E-state index in [0.717, 1.165) is 23.9 Å². The van der Waals surface area contributed by atoms with E-state index in [1.54, 1.807) is 0 Å². The molecule has 0 saturated heterocycles. The SMILES string of the molecule is CN(C)C(c1ccc2[nH]c(=O)oc2c1)C1(N)CC1. The summed E-state index contributed by atoms with van der Waals surface area (Å²) < 4.78 is 5.10. The summed E-state index contributed by atoms with van der Waals surface area (Å²) in [6, 6.07) is 5.94. The van der Waals surface area contributed by atoms with E-state index in [0.29, 0.717) is 5.58 Å².